The lowest BCUT2D eigenvalue weighted by Gasteiger charge is -2.26. The third-order valence-electron chi connectivity index (χ3n) is 3.34. The van der Waals surface area contributed by atoms with E-state index in [0.29, 0.717) is 0 Å². The molecule has 0 saturated carbocycles. The standard InChI is InChI=1S/C17H18N2O/c1-14-6-8-15(9-7-14)18-10-11-19-12-13-20-17-5-3-2-4-16(17)19/h2-9,12-13,18H,10-11H2,1H3. The zero-order valence-electron chi connectivity index (χ0n) is 11.5. The minimum Gasteiger partial charge on any atom is -0.461 e. The van der Waals surface area contributed by atoms with Crippen LogP contribution in [0.15, 0.2) is 61.0 Å². The molecule has 0 amide bonds. The first-order valence-electron chi connectivity index (χ1n) is 6.82. The van der Waals surface area contributed by atoms with E-state index < -0.39 is 0 Å². The number of benzene rings is 2. The van der Waals surface area contributed by atoms with Crippen molar-refractivity contribution in [2.45, 2.75) is 6.92 Å². The Kier molecular flexibility index (Phi) is 3.59. The second-order valence-corrected chi connectivity index (χ2v) is 4.86. The number of nitrogens with one attached hydrogen (secondary N) is 1. The van der Waals surface area contributed by atoms with Crippen molar-refractivity contribution in [3.05, 3.63) is 66.6 Å². The number of hydrogen-bond donors (Lipinski definition) is 1. The van der Waals surface area contributed by atoms with Gasteiger partial charge in [0.05, 0.1) is 5.69 Å². The molecule has 20 heavy (non-hydrogen) atoms. The average Bonchev–Trinajstić information content (AvgIpc) is 2.49. The maximum absolute atomic E-state index is 5.49. The predicted molar refractivity (Wildman–Crippen MR) is 83.2 cm³/mol. The van der Waals surface area contributed by atoms with E-state index in [1.165, 1.54) is 5.56 Å². The van der Waals surface area contributed by atoms with Crippen LogP contribution >= 0.6 is 0 Å². The molecule has 2 aromatic carbocycles. The topological polar surface area (TPSA) is 24.5 Å². The summed E-state index contributed by atoms with van der Waals surface area (Å²) in [5.41, 5.74) is 3.54. The number of ether oxygens (including phenoxy) is 1. The van der Waals surface area contributed by atoms with Crippen LogP contribution in [0, 0.1) is 6.92 Å². The van der Waals surface area contributed by atoms with Gasteiger partial charge in [-0.1, -0.05) is 29.8 Å². The van der Waals surface area contributed by atoms with Gasteiger partial charge in [-0.25, -0.2) is 0 Å². The Hall–Kier alpha value is -2.42. The van der Waals surface area contributed by atoms with Crippen LogP contribution in [-0.4, -0.2) is 13.1 Å². The normalized spacial score (nSPS) is 12.8. The molecule has 0 radical (unpaired) electrons. The summed E-state index contributed by atoms with van der Waals surface area (Å²) in [6.45, 7) is 3.87. The molecule has 3 nitrogen and oxygen atoms in total. The van der Waals surface area contributed by atoms with Crippen molar-refractivity contribution in [1.82, 2.24) is 0 Å². The number of nitrogens with zero attached hydrogens (tertiary/aromatic N) is 1. The van der Waals surface area contributed by atoms with Gasteiger partial charge in [0.25, 0.3) is 0 Å². The molecular weight excluding hydrogens is 248 g/mol. The lowest BCUT2D eigenvalue weighted by molar-refractivity contribution is 0.469. The second kappa shape index (κ2) is 5.70. The monoisotopic (exact) mass is 266 g/mol. The molecule has 102 valence electrons. The first kappa shape index (κ1) is 12.6. The summed E-state index contributed by atoms with van der Waals surface area (Å²) in [6, 6.07) is 16.5. The zero-order chi connectivity index (χ0) is 13.8. The van der Waals surface area contributed by atoms with E-state index >= 15 is 0 Å². The number of rotatable bonds is 4. The van der Waals surface area contributed by atoms with Crippen LogP contribution in [0.3, 0.4) is 0 Å². The molecule has 0 aliphatic carbocycles. The van der Waals surface area contributed by atoms with Crippen molar-refractivity contribution in [3.63, 3.8) is 0 Å². The Morgan fingerprint density at radius 2 is 1.85 bits per heavy atom. The SMILES string of the molecule is Cc1ccc(NCCN2C=COc3ccccc32)cc1. The fourth-order valence-corrected chi connectivity index (χ4v) is 2.24. The third kappa shape index (κ3) is 2.77. The van der Waals surface area contributed by atoms with Crippen molar-refractivity contribution in [2.24, 2.45) is 0 Å². The largest absolute Gasteiger partial charge is 0.461 e. The number of anilines is 2. The molecule has 1 aliphatic rings. The molecule has 3 rings (SSSR count). The van der Waals surface area contributed by atoms with E-state index in [-0.39, 0.29) is 0 Å². The second-order valence-electron chi connectivity index (χ2n) is 4.86. The number of aryl methyl sites for hydroxylation is 1. The van der Waals surface area contributed by atoms with Crippen LogP contribution in [0.1, 0.15) is 5.56 Å². The summed E-state index contributed by atoms with van der Waals surface area (Å²) in [5, 5.41) is 3.43. The first-order valence-corrected chi connectivity index (χ1v) is 6.82. The van der Waals surface area contributed by atoms with Crippen LogP contribution < -0.4 is 15.0 Å². The molecule has 0 bridgehead atoms. The van der Waals surface area contributed by atoms with Crippen LogP contribution in [0.25, 0.3) is 0 Å². The highest BCUT2D eigenvalue weighted by atomic mass is 16.5. The van der Waals surface area contributed by atoms with Gasteiger partial charge < -0.3 is 15.0 Å². The van der Waals surface area contributed by atoms with E-state index in [4.69, 9.17) is 4.74 Å². The molecule has 2 aromatic rings. The minimum absolute atomic E-state index is 0.877. The van der Waals surface area contributed by atoms with Crippen molar-refractivity contribution >= 4 is 11.4 Å². The maximum Gasteiger partial charge on any atom is 0.150 e. The fourth-order valence-electron chi connectivity index (χ4n) is 2.24. The lowest BCUT2D eigenvalue weighted by Crippen LogP contribution is -2.26. The summed E-state index contributed by atoms with van der Waals surface area (Å²) >= 11 is 0. The molecule has 0 aromatic heterocycles. The van der Waals surface area contributed by atoms with Crippen molar-refractivity contribution in [1.29, 1.82) is 0 Å². The van der Waals surface area contributed by atoms with Gasteiger partial charge in [0.2, 0.25) is 0 Å². The summed E-state index contributed by atoms with van der Waals surface area (Å²) in [7, 11) is 0. The van der Waals surface area contributed by atoms with Gasteiger partial charge in [-0.05, 0) is 31.2 Å². The summed E-state index contributed by atoms with van der Waals surface area (Å²) < 4.78 is 5.49. The van der Waals surface area contributed by atoms with Gasteiger partial charge in [-0.2, -0.15) is 0 Å². The highest BCUT2D eigenvalue weighted by molar-refractivity contribution is 5.62. The molecule has 0 saturated heterocycles. The van der Waals surface area contributed by atoms with Crippen LogP contribution in [-0.2, 0) is 0 Å². The van der Waals surface area contributed by atoms with E-state index in [9.17, 15) is 0 Å². The molecule has 0 atom stereocenters. The Labute approximate surface area is 119 Å². The number of para-hydroxylation sites is 2. The highest BCUT2D eigenvalue weighted by Crippen LogP contribution is 2.30. The van der Waals surface area contributed by atoms with Crippen LogP contribution in [0.5, 0.6) is 5.75 Å². The van der Waals surface area contributed by atoms with Gasteiger partial charge in [0.15, 0.2) is 0 Å². The molecule has 3 heteroatoms. The Balaban J connectivity index is 1.60. The minimum atomic E-state index is 0.877. The summed E-state index contributed by atoms with van der Waals surface area (Å²) in [6.07, 6.45) is 3.70. The van der Waals surface area contributed by atoms with E-state index in [1.807, 2.05) is 24.4 Å². The zero-order valence-corrected chi connectivity index (χ0v) is 11.5. The Morgan fingerprint density at radius 3 is 2.70 bits per heavy atom. The number of fused-ring (bicyclic) bond motifs is 1. The first-order chi connectivity index (χ1) is 9.83. The fraction of sp³-hybridized carbons (Fsp3) is 0.176. The molecule has 1 heterocycles. The van der Waals surface area contributed by atoms with Gasteiger partial charge in [-0.15, -0.1) is 0 Å². The third-order valence-corrected chi connectivity index (χ3v) is 3.34. The summed E-state index contributed by atoms with van der Waals surface area (Å²) in [4.78, 5) is 2.19. The Morgan fingerprint density at radius 1 is 1.05 bits per heavy atom. The van der Waals surface area contributed by atoms with E-state index in [0.717, 1.165) is 30.2 Å². The summed E-state index contributed by atoms with van der Waals surface area (Å²) in [5.74, 6) is 0.908. The van der Waals surface area contributed by atoms with Crippen molar-refractivity contribution < 1.29 is 4.74 Å². The Bertz CT molecular complexity index is 605. The average molecular weight is 266 g/mol. The predicted octanol–water partition coefficient (Wildman–Crippen LogP) is 3.78. The smallest absolute Gasteiger partial charge is 0.150 e. The van der Waals surface area contributed by atoms with E-state index in [2.05, 4.69) is 47.5 Å². The highest BCUT2D eigenvalue weighted by Gasteiger charge is 2.12. The van der Waals surface area contributed by atoms with Gasteiger partial charge >= 0.3 is 0 Å². The number of hydrogen-bond acceptors (Lipinski definition) is 3. The molecular formula is C17H18N2O. The molecule has 0 spiro atoms. The van der Waals surface area contributed by atoms with Crippen LogP contribution in [0.2, 0.25) is 0 Å². The lowest BCUT2D eigenvalue weighted by atomic mass is 10.2. The maximum atomic E-state index is 5.49. The van der Waals surface area contributed by atoms with Crippen molar-refractivity contribution in [3.8, 4) is 5.75 Å². The van der Waals surface area contributed by atoms with Gasteiger partial charge in [0, 0.05) is 25.0 Å². The molecule has 0 fully saturated rings. The molecule has 1 aliphatic heterocycles. The van der Waals surface area contributed by atoms with Gasteiger partial charge in [0.1, 0.15) is 12.0 Å². The molecule has 1 N–H and O–H groups in total. The quantitative estimate of drug-likeness (QED) is 0.911. The van der Waals surface area contributed by atoms with Crippen molar-refractivity contribution in [2.75, 3.05) is 23.3 Å². The van der Waals surface area contributed by atoms with Gasteiger partial charge in [-0.3, -0.25) is 0 Å². The van der Waals surface area contributed by atoms with Crippen LogP contribution in [0.4, 0.5) is 11.4 Å². The molecule has 0 unspecified atom stereocenters. The van der Waals surface area contributed by atoms with E-state index in [1.54, 1.807) is 6.26 Å².